The first-order chi connectivity index (χ1) is 9.24. The van der Waals surface area contributed by atoms with Crippen LogP contribution >= 0.6 is 0 Å². The summed E-state index contributed by atoms with van der Waals surface area (Å²) in [5, 5.41) is 0. The van der Waals surface area contributed by atoms with Crippen LogP contribution in [0.5, 0.6) is 0 Å². The van der Waals surface area contributed by atoms with E-state index in [-0.39, 0.29) is 5.54 Å². The lowest BCUT2D eigenvalue weighted by Crippen LogP contribution is -2.51. The fourth-order valence-corrected chi connectivity index (χ4v) is 3.32. The summed E-state index contributed by atoms with van der Waals surface area (Å²) in [4.78, 5) is 2.43. The van der Waals surface area contributed by atoms with Gasteiger partial charge in [0.1, 0.15) is 0 Å². The normalized spacial score (nSPS) is 22.5. The van der Waals surface area contributed by atoms with Crippen molar-refractivity contribution in [2.75, 3.05) is 33.9 Å². The van der Waals surface area contributed by atoms with Gasteiger partial charge in [-0.3, -0.25) is 4.90 Å². The SMILES string of the molecule is COCCCN(C)C1(CN)CCCc2ccccc21. The summed E-state index contributed by atoms with van der Waals surface area (Å²) in [5.74, 6) is 0. The third kappa shape index (κ3) is 2.83. The molecule has 2 N–H and O–H groups in total. The van der Waals surface area contributed by atoms with E-state index < -0.39 is 0 Å². The van der Waals surface area contributed by atoms with Crippen LogP contribution in [-0.4, -0.2) is 38.8 Å². The van der Waals surface area contributed by atoms with E-state index in [1.54, 1.807) is 7.11 Å². The van der Waals surface area contributed by atoms with E-state index in [0.29, 0.717) is 6.54 Å². The molecule has 0 heterocycles. The van der Waals surface area contributed by atoms with Crippen LogP contribution in [0.2, 0.25) is 0 Å². The molecule has 1 aromatic rings. The zero-order valence-corrected chi connectivity index (χ0v) is 12.2. The van der Waals surface area contributed by atoms with Gasteiger partial charge < -0.3 is 10.5 Å². The Labute approximate surface area is 116 Å². The topological polar surface area (TPSA) is 38.5 Å². The Bertz CT molecular complexity index is 407. The molecule has 0 fully saturated rings. The lowest BCUT2D eigenvalue weighted by atomic mass is 9.75. The van der Waals surface area contributed by atoms with Crippen LogP contribution in [0.1, 0.15) is 30.4 Å². The number of aryl methyl sites for hydroxylation is 1. The van der Waals surface area contributed by atoms with Gasteiger partial charge in [-0.1, -0.05) is 24.3 Å². The second-order valence-corrected chi connectivity index (χ2v) is 5.51. The quantitative estimate of drug-likeness (QED) is 0.798. The maximum absolute atomic E-state index is 6.19. The van der Waals surface area contributed by atoms with Gasteiger partial charge in [0.05, 0.1) is 5.54 Å². The summed E-state index contributed by atoms with van der Waals surface area (Å²) in [7, 11) is 3.96. The summed E-state index contributed by atoms with van der Waals surface area (Å²) in [6, 6.07) is 8.78. The summed E-state index contributed by atoms with van der Waals surface area (Å²) in [6.45, 7) is 2.53. The fraction of sp³-hybridized carbons (Fsp3) is 0.625. The molecule has 0 bridgehead atoms. The van der Waals surface area contributed by atoms with E-state index in [1.165, 1.54) is 24.0 Å². The molecular formula is C16H26N2O. The summed E-state index contributed by atoms with van der Waals surface area (Å²) >= 11 is 0. The predicted octanol–water partition coefficient (Wildman–Crippen LogP) is 2.15. The fourth-order valence-electron chi connectivity index (χ4n) is 3.32. The second kappa shape index (κ2) is 6.51. The molecule has 0 aromatic heterocycles. The van der Waals surface area contributed by atoms with Crippen LogP contribution in [-0.2, 0) is 16.7 Å². The maximum atomic E-state index is 6.19. The molecule has 3 heteroatoms. The number of fused-ring (bicyclic) bond motifs is 1. The van der Waals surface area contributed by atoms with Crippen molar-refractivity contribution >= 4 is 0 Å². The minimum absolute atomic E-state index is 0.0165. The number of nitrogens with zero attached hydrogens (tertiary/aromatic N) is 1. The number of ether oxygens (including phenoxy) is 1. The van der Waals surface area contributed by atoms with Gasteiger partial charge in [-0.2, -0.15) is 0 Å². The Morgan fingerprint density at radius 3 is 2.89 bits per heavy atom. The predicted molar refractivity (Wildman–Crippen MR) is 79.2 cm³/mol. The summed E-state index contributed by atoms with van der Waals surface area (Å²) in [6.07, 6.45) is 4.62. The van der Waals surface area contributed by atoms with E-state index in [9.17, 15) is 0 Å². The van der Waals surface area contributed by atoms with E-state index >= 15 is 0 Å². The lowest BCUT2D eigenvalue weighted by molar-refractivity contribution is 0.0889. The van der Waals surface area contributed by atoms with Gasteiger partial charge in [0.15, 0.2) is 0 Å². The summed E-state index contributed by atoms with van der Waals surface area (Å²) in [5.41, 5.74) is 9.11. The number of nitrogens with two attached hydrogens (primary N) is 1. The molecular weight excluding hydrogens is 236 g/mol. The van der Waals surface area contributed by atoms with Gasteiger partial charge in [0.25, 0.3) is 0 Å². The first-order valence-corrected chi connectivity index (χ1v) is 7.23. The van der Waals surface area contributed by atoms with Crippen LogP contribution in [0.25, 0.3) is 0 Å². The average Bonchev–Trinajstić information content (AvgIpc) is 2.46. The number of likely N-dealkylation sites (N-methyl/N-ethyl adjacent to an activating group) is 1. The van der Waals surface area contributed by atoms with Crippen LogP contribution in [0.4, 0.5) is 0 Å². The average molecular weight is 262 g/mol. The standard InChI is InChI=1S/C16H26N2O/c1-18(11-6-12-19-2)16(13-17)10-5-8-14-7-3-4-9-15(14)16/h3-4,7,9H,5-6,8,10-13,17H2,1-2H3. The van der Waals surface area contributed by atoms with Gasteiger partial charge in [0, 0.05) is 26.8 Å². The van der Waals surface area contributed by atoms with Crippen molar-refractivity contribution in [3.8, 4) is 0 Å². The molecule has 1 atom stereocenters. The smallest absolute Gasteiger partial charge is 0.0584 e. The largest absolute Gasteiger partial charge is 0.385 e. The zero-order chi connectivity index (χ0) is 13.7. The van der Waals surface area contributed by atoms with Crippen molar-refractivity contribution in [1.29, 1.82) is 0 Å². The molecule has 1 unspecified atom stereocenters. The molecule has 3 nitrogen and oxygen atoms in total. The van der Waals surface area contributed by atoms with Gasteiger partial charge in [0.2, 0.25) is 0 Å². The highest BCUT2D eigenvalue weighted by Gasteiger charge is 2.38. The molecule has 19 heavy (non-hydrogen) atoms. The number of hydrogen-bond donors (Lipinski definition) is 1. The molecule has 0 aliphatic heterocycles. The van der Waals surface area contributed by atoms with Gasteiger partial charge in [-0.05, 0) is 43.9 Å². The third-order valence-corrected chi connectivity index (χ3v) is 4.47. The highest BCUT2D eigenvalue weighted by Crippen LogP contribution is 2.38. The van der Waals surface area contributed by atoms with Crippen LogP contribution in [0, 0.1) is 0 Å². The number of benzene rings is 1. The Balaban J connectivity index is 2.23. The van der Waals surface area contributed by atoms with E-state index in [2.05, 4.69) is 36.2 Å². The number of rotatable bonds is 6. The van der Waals surface area contributed by atoms with Crippen molar-refractivity contribution in [3.05, 3.63) is 35.4 Å². The lowest BCUT2D eigenvalue weighted by Gasteiger charge is -2.45. The molecule has 1 aliphatic carbocycles. The van der Waals surface area contributed by atoms with Crippen molar-refractivity contribution in [3.63, 3.8) is 0 Å². The molecule has 0 amide bonds. The molecule has 0 spiro atoms. The molecule has 1 aliphatic rings. The van der Waals surface area contributed by atoms with Gasteiger partial charge in [-0.25, -0.2) is 0 Å². The van der Waals surface area contributed by atoms with Crippen LogP contribution < -0.4 is 5.73 Å². The Hall–Kier alpha value is -0.900. The van der Waals surface area contributed by atoms with Crippen molar-refractivity contribution in [1.82, 2.24) is 4.90 Å². The first-order valence-electron chi connectivity index (χ1n) is 7.23. The highest BCUT2D eigenvalue weighted by molar-refractivity contribution is 5.36. The van der Waals surface area contributed by atoms with E-state index in [0.717, 1.165) is 26.0 Å². The molecule has 2 rings (SSSR count). The molecule has 106 valence electrons. The highest BCUT2D eigenvalue weighted by atomic mass is 16.5. The van der Waals surface area contributed by atoms with Crippen LogP contribution in [0.15, 0.2) is 24.3 Å². The van der Waals surface area contributed by atoms with Crippen molar-refractivity contribution in [2.24, 2.45) is 5.73 Å². The number of methoxy groups -OCH3 is 1. The van der Waals surface area contributed by atoms with Crippen molar-refractivity contribution < 1.29 is 4.74 Å². The zero-order valence-electron chi connectivity index (χ0n) is 12.2. The number of hydrogen-bond acceptors (Lipinski definition) is 3. The van der Waals surface area contributed by atoms with Crippen LogP contribution in [0.3, 0.4) is 0 Å². The summed E-state index contributed by atoms with van der Waals surface area (Å²) < 4.78 is 5.16. The van der Waals surface area contributed by atoms with Crippen molar-refractivity contribution in [2.45, 2.75) is 31.2 Å². The Kier molecular flexibility index (Phi) is 4.97. The Morgan fingerprint density at radius 2 is 2.16 bits per heavy atom. The van der Waals surface area contributed by atoms with E-state index in [4.69, 9.17) is 10.5 Å². The van der Waals surface area contributed by atoms with Gasteiger partial charge >= 0.3 is 0 Å². The first kappa shape index (κ1) is 14.5. The van der Waals surface area contributed by atoms with E-state index in [1.807, 2.05) is 0 Å². The van der Waals surface area contributed by atoms with Gasteiger partial charge in [-0.15, -0.1) is 0 Å². The molecule has 1 aromatic carbocycles. The molecule has 0 saturated carbocycles. The minimum Gasteiger partial charge on any atom is -0.385 e. The molecule has 0 saturated heterocycles. The Morgan fingerprint density at radius 1 is 1.37 bits per heavy atom. The monoisotopic (exact) mass is 262 g/mol. The minimum atomic E-state index is 0.0165. The third-order valence-electron chi connectivity index (χ3n) is 4.47. The maximum Gasteiger partial charge on any atom is 0.0584 e. The second-order valence-electron chi connectivity index (χ2n) is 5.51. The molecule has 0 radical (unpaired) electrons.